The highest BCUT2D eigenvalue weighted by molar-refractivity contribution is 7.80. The highest BCUT2D eigenvalue weighted by Gasteiger charge is 2.16. The van der Waals surface area contributed by atoms with E-state index in [2.05, 4.69) is 77.7 Å². The molecule has 0 atom stereocenters. The van der Waals surface area contributed by atoms with Crippen LogP contribution in [0.5, 0.6) is 0 Å². The van der Waals surface area contributed by atoms with E-state index in [1.165, 1.54) is 5.56 Å². The monoisotopic (exact) mass is 237 g/mol. The zero-order chi connectivity index (χ0) is 12.6. The van der Waals surface area contributed by atoms with Crippen molar-refractivity contribution in [2.45, 2.75) is 57.4 Å². The van der Waals surface area contributed by atoms with Crippen LogP contribution in [0.1, 0.15) is 47.1 Å². The highest BCUT2D eigenvalue weighted by Crippen LogP contribution is 2.30. The van der Waals surface area contributed by atoms with Gasteiger partial charge in [-0.2, -0.15) is 0 Å². The third-order valence-electron chi connectivity index (χ3n) is 2.37. The van der Waals surface area contributed by atoms with Crippen LogP contribution < -0.4 is 5.32 Å². The molecule has 0 spiro atoms. The molecule has 1 rings (SSSR count). The van der Waals surface area contributed by atoms with Crippen molar-refractivity contribution in [1.29, 1.82) is 0 Å². The average Bonchev–Trinajstić information content (AvgIpc) is 2.04. The molecule has 0 fully saturated rings. The van der Waals surface area contributed by atoms with Crippen molar-refractivity contribution in [3.63, 3.8) is 0 Å². The van der Waals surface area contributed by atoms with Crippen LogP contribution in [-0.2, 0) is 5.41 Å². The Kier molecular flexibility index (Phi) is 3.63. The number of benzene rings is 1. The number of anilines is 1. The normalized spacial score (nSPS) is 12.7. The topological polar surface area (TPSA) is 12.0 Å². The van der Waals surface area contributed by atoms with Crippen molar-refractivity contribution < 1.29 is 0 Å². The molecule has 1 nitrogen and oxygen atoms in total. The first-order valence-electron chi connectivity index (χ1n) is 5.71. The van der Waals surface area contributed by atoms with Gasteiger partial charge in [-0.25, -0.2) is 0 Å². The van der Waals surface area contributed by atoms with E-state index in [0.717, 1.165) is 10.6 Å². The van der Waals surface area contributed by atoms with E-state index in [1.807, 2.05) is 0 Å². The Balaban J connectivity index is 3.01. The molecule has 0 radical (unpaired) electrons. The molecule has 0 bridgehead atoms. The van der Waals surface area contributed by atoms with Gasteiger partial charge in [-0.15, -0.1) is 12.6 Å². The van der Waals surface area contributed by atoms with E-state index in [4.69, 9.17) is 0 Å². The maximum Gasteiger partial charge on any atom is 0.0479 e. The quantitative estimate of drug-likeness (QED) is 0.686. The van der Waals surface area contributed by atoms with Gasteiger partial charge < -0.3 is 5.32 Å². The minimum atomic E-state index is 0.0702. The van der Waals surface area contributed by atoms with E-state index in [0.29, 0.717) is 0 Å². The molecular weight excluding hydrogens is 214 g/mol. The van der Waals surface area contributed by atoms with Crippen LogP contribution in [0.25, 0.3) is 0 Å². The standard InChI is InChI=1S/C14H23NS/c1-13(2,3)10-7-8-11(12(16)9-10)15-14(4,5)6/h7-9,15-16H,1-6H3. The Bertz CT molecular complexity index is 369. The maximum absolute atomic E-state index is 4.55. The second kappa shape index (κ2) is 4.33. The van der Waals surface area contributed by atoms with Crippen LogP contribution in [0.3, 0.4) is 0 Å². The van der Waals surface area contributed by atoms with Gasteiger partial charge >= 0.3 is 0 Å². The van der Waals surface area contributed by atoms with Gasteiger partial charge in [0, 0.05) is 16.1 Å². The molecule has 90 valence electrons. The summed E-state index contributed by atoms with van der Waals surface area (Å²) < 4.78 is 0. The Morgan fingerprint density at radius 1 is 1.00 bits per heavy atom. The molecule has 0 aromatic heterocycles. The van der Waals surface area contributed by atoms with Crippen LogP contribution in [0, 0.1) is 0 Å². The molecule has 1 N–H and O–H groups in total. The average molecular weight is 237 g/mol. The first-order valence-corrected chi connectivity index (χ1v) is 6.16. The molecule has 0 amide bonds. The van der Waals surface area contributed by atoms with Crippen molar-refractivity contribution >= 4 is 18.3 Å². The summed E-state index contributed by atoms with van der Waals surface area (Å²) in [5.74, 6) is 0. The van der Waals surface area contributed by atoms with E-state index in [9.17, 15) is 0 Å². The number of hydrogen-bond acceptors (Lipinski definition) is 2. The molecule has 1 aromatic carbocycles. The third-order valence-corrected chi connectivity index (χ3v) is 2.74. The zero-order valence-corrected chi connectivity index (χ0v) is 12.1. The van der Waals surface area contributed by atoms with Crippen LogP contribution >= 0.6 is 12.6 Å². The van der Waals surface area contributed by atoms with Crippen LogP contribution in [0.2, 0.25) is 0 Å². The van der Waals surface area contributed by atoms with Crippen LogP contribution in [0.15, 0.2) is 23.1 Å². The second-order valence-corrected chi connectivity index (χ2v) is 6.84. The van der Waals surface area contributed by atoms with E-state index in [1.54, 1.807) is 0 Å². The van der Waals surface area contributed by atoms with E-state index >= 15 is 0 Å². The zero-order valence-electron chi connectivity index (χ0n) is 11.2. The Morgan fingerprint density at radius 2 is 1.56 bits per heavy atom. The highest BCUT2D eigenvalue weighted by atomic mass is 32.1. The molecule has 0 saturated carbocycles. The van der Waals surface area contributed by atoms with E-state index < -0.39 is 0 Å². The summed E-state index contributed by atoms with van der Waals surface area (Å²) in [5.41, 5.74) is 2.67. The number of rotatable bonds is 1. The van der Waals surface area contributed by atoms with Crippen LogP contribution in [-0.4, -0.2) is 5.54 Å². The molecular formula is C14H23NS. The molecule has 0 heterocycles. The van der Waals surface area contributed by atoms with Gasteiger partial charge in [0.2, 0.25) is 0 Å². The van der Waals surface area contributed by atoms with Gasteiger partial charge in [-0.1, -0.05) is 26.8 Å². The largest absolute Gasteiger partial charge is 0.380 e. The molecule has 0 aliphatic rings. The van der Waals surface area contributed by atoms with E-state index in [-0.39, 0.29) is 11.0 Å². The number of nitrogens with one attached hydrogen (secondary N) is 1. The van der Waals surface area contributed by atoms with Crippen molar-refractivity contribution in [3.8, 4) is 0 Å². The first kappa shape index (κ1) is 13.4. The molecule has 0 aliphatic heterocycles. The molecule has 0 aliphatic carbocycles. The lowest BCUT2D eigenvalue weighted by Crippen LogP contribution is -2.26. The number of hydrogen-bond donors (Lipinski definition) is 2. The Labute approximate surface area is 105 Å². The number of thiol groups is 1. The van der Waals surface area contributed by atoms with Gasteiger partial charge in [-0.3, -0.25) is 0 Å². The van der Waals surface area contributed by atoms with Gasteiger partial charge in [0.05, 0.1) is 0 Å². The van der Waals surface area contributed by atoms with Crippen molar-refractivity contribution in [2.24, 2.45) is 0 Å². The van der Waals surface area contributed by atoms with Crippen molar-refractivity contribution in [1.82, 2.24) is 0 Å². The van der Waals surface area contributed by atoms with Gasteiger partial charge in [0.1, 0.15) is 0 Å². The minimum absolute atomic E-state index is 0.0702. The van der Waals surface area contributed by atoms with Gasteiger partial charge in [-0.05, 0) is 43.9 Å². The summed E-state index contributed by atoms with van der Waals surface area (Å²) in [6, 6.07) is 6.44. The second-order valence-electron chi connectivity index (χ2n) is 6.36. The SMILES string of the molecule is CC(C)(C)Nc1ccc(C(C)(C)C)cc1S. The van der Waals surface area contributed by atoms with Crippen LogP contribution in [0.4, 0.5) is 5.69 Å². The molecule has 16 heavy (non-hydrogen) atoms. The summed E-state index contributed by atoms with van der Waals surface area (Å²) >= 11 is 4.55. The predicted molar refractivity (Wildman–Crippen MR) is 75.8 cm³/mol. The third kappa shape index (κ3) is 3.75. The predicted octanol–water partition coefficient (Wildman–Crippen LogP) is 4.48. The van der Waals surface area contributed by atoms with Crippen molar-refractivity contribution in [2.75, 3.05) is 5.32 Å². The van der Waals surface area contributed by atoms with Gasteiger partial charge in [0.15, 0.2) is 0 Å². The summed E-state index contributed by atoms with van der Waals surface area (Å²) in [6.07, 6.45) is 0. The molecule has 0 saturated heterocycles. The maximum atomic E-state index is 4.55. The Hall–Kier alpha value is -0.630. The smallest absolute Gasteiger partial charge is 0.0479 e. The lowest BCUT2D eigenvalue weighted by molar-refractivity contribution is 0.588. The lowest BCUT2D eigenvalue weighted by atomic mass is 9.87. The summed E-state index contributed by atoms with van der Waals surface area (Å²) in [5, 5.41) is 3.45. The summed E-state index contributed by atoms with van der Waals surface area (Å²) in [6.45, 7) is 13.1. The fourth-order valence-corrected chi connectivity index (χ4v) is 1.78. The lowest BCUT2D eigenvalue weighted by Gasteiger charge is -2.25. The molecule has 2 heteroatoms. The summed E-state index contributed by atoms with van der Waals surface area (Å²) in [7, 11) is 0. The fourth-order valence-electron chi connectivity index (χ4n) is 1.51. The fraction of sp³-hybridized carbons (Fsp3) is 0.571. The minimum Gasteiger partial charge on any atom is -0.380 e. The summed E-state index contributed by atoms with van der Waals surface area (Å²) in [4.78, 5) is 1.02. The van der Waals surface area contributed by atoms with Gasteiger partial charge in [0.25, 0.3) is 0 Å². The first-order chi connectivity index (χ1) is 7.09. The van der Waals surface area contributed by atoms with Crippen molar-refractivity contribution in [3.05, 3.63) is 23.8 Å². The molecule has 1 aromatic rings. The Morgan fingerprint density at radius 3 is 1.94 bits per heavy atom. The molecule has 0 unspecified atom stereocenters.